The molecule has 0 spiro atoms. The molecule has 1 fully saturated rings. The zero-order valence-electron chi connectivity index (χ0n) is 9.05. The van der Waals surface area contributed by atoms with Crippen LogP contribution in [0.5, 0.6) is 0 Å². The molecular weight excluding hydrogens is 178 g/mol. The second-order valence-electron chi connectivity index (χ2n) is 3.94. The maximum absolute atomic E-state index is 11.3. The quantitative estimate of drug-likeness (QED) is 0.732. The molecule has 0 unspecified atom stereocenters. The lowest BCUT2D eigenvalue weighted by atomic mass is 9.95. The Morgan fingerprint density at radius 2 is 2.14 bits per heavy atom. The second kappa shape index (κ2) is 6.82. The van der Waals surface area contributed by atoms with E-state index in [1.54, 1.807) is 0 Å². The van der Waals surface area contributed by atoms with Gasteiger partial charge in [-0.1, -0.05) is 6.92 Å². The summed E-state index contributed by atoms with van der Waals surface area (Å²) in [5, 5.41) is 2.90. The van der Waals surface area contributed by atoms with Crippen LogP contribution in [0, 0.1) is 5.92 Å². The first-order valence-corrected chi connectivity index (χ1v) is 5.67. The van der Waals surface area contributed by atoms with Crippen LogP contribution >= 0.6 is 0 Å². The van der Waals surface area contributed by atoms with Crippen molar-refractivity contribution in [1.82, 2.24) is 5.32 Å². The fourth-order valence-corrected chi connectivity index (χ4v) is 1.72. The van der Waals surface area contributed by atoms with Gasteiger partial charge in [-0.05, 0) is 31.6 Å². The Kier molecular flexibility index (Phi) is 5.60. The molecule has 14 heavy (non-hydrogen) atoms. The van der Waals surface area contributed by atoms with Gasteiger partial charge in [-0.3, -0.25) is 4.79 Å². The van der Waals surface area contributed by atoms with Crippen LogP contribution in [0.1, 0.15) is 39.0 Å². The Labute approximate surface area is 86.2 Å². The van der Waals surface area contributed by atoms with Crippen molar-refractivity contribution >= 4 is 5.91 Å². The molecule has 3 nitrogen and oxygen atoms in total. The fourth-order valence-electron chi connectivity index (χ4n) is 1.72. The first-order valence-electron chi connectivity index (χ1n) is 5.67. The van der Waals surface area contributed by atoms with E-state index >= 15 is 0 Å². The molecule has 82 valence electrons. The highest BCUT2D eigenvalue weighted by Crippen LogP contribution is 2.19. The van der Waals surface area contributed by atoms with Gasteiger partial charge in [0, 0.05) is 26.2 Å². The number of rotatable bonds is 5. The van der Waals surface area contributed by atoms with E-state index in [0.717, 1.165) is 45.4 Å². The van der Waals surface area contributed by atoms with Crippen molar-refractivity contribution in [2.24, 2.45) is 5.92 Å². The Morgan fingerprint density at radius 1 is 1.43 bits per heavy atom. The first-order chi connectivity index (χ1) is 6.83. The van der Waals surface area contributed by atoms with Gasteiger partial charge in [0.2, 0.25) is 5.91 Å². The standard InChI is InChI=1S/C11H21NO2/c1-2-7-12-11(13)4-3-10-5-8-14-9-6-10/h10H,2-9H2,1H3,(H,12,13). The van der Waals surface area contributed by atoms with Gasteiger partial charge < -0.3 is 10.1 Å². The number of carbonyl (C=O) groups excluding carboxylic acids is 1. The lowest BCUT2D eigenvalue weighted by Crippen LogP contribution is -2.25. The molecule has 1 saturated heterocycles. The Morgan fingerprint density at radius 3 is 2.79 bits per heavy atom. The summed E-state index contributed by atoms with van der Waals surface area (Å²) in [5.74, 6) is 0.912. The first kappa shape index (κ1) is 11.5. The summed E-state index contributed by atoms with van der Waals surface area (Å²) in [6.07, 6.45) is 4.98. The molecule has 0 bridgehead atoms. The van der Waals surface area contributed by atoms with Crippen molar-refractivity contribution < 1.29 is 9.53 Å². The lowest BCUT2D eigenvalue weighted by molar-refractivity contribution is -0.121. The molecule has 0 saturated carbocycles. The predicted octanol–water partition coefficient (Wildman–Crippen LogP) is 1.72. The number of carbonyl (C=O) groups is 1. The zero-order valence-corrected chi connectivity index (χ0v) is 9.05. The largest absolute Gasteiger partial charge is 0.381 e. The molecular formula is C11H21NO2. The van der Waals surface area contributed by atoms with E-state index in [0.29, 0.717) is 12.3 Å². The molecule has 0 radical (unpaired) electrons. The average molecular weight is 199 g/mol. The van der Waals surface area contributed by atoms with E-state index in [2.05, 4.69) is 12.2 Å². The maximum atomic E-state index is 11.3. The van der Waals surface area contributed by atoms with Crippen molar-refractivity contribution in [3.8, 4) is 0 Å². The molecule has 1 N–H and O–H groups in total. The van der Waals surface area contributed by atoms with Gasteiger partial charge in [0.25, 0.3) is 0 Å². The van der Waals surface area contributed by atoms with Gasteiger partial charge in [0.1, 0.15) is 0 Å². The fraction of sp³-hybridized carbons (Fsp3) is 0.909. The zero-order chi connectivity index (χ0) is 10.2. The van der Waals surface area contributed by atoms with E-state index in [9.17, 15) is 4.79 Å². The van der Waals surface area contributed by atoms with E-state index in [-0.39, 0.29) is 5.91 Å². The van der Waals surface area contributed by atoms with Gasteiger partial charge >= 0.3 is 0 Å². The van der Waals surface area contributed by atoms with E-state index in [4.69, 9.17) is 4.74 Å². The summed E-state index contributed by atoms with van der Waals surface area (Å²) in [7, 11) is 0. The summed E-state index contributed by atoms with van der Waals surface area (Å²) >= 11 is 0. The molecule has 0 aliphatic carbocycles. The summed E-state index contributed by atoms with van der Waals surface area (Å²) in [6, 6.07) is 0. The van der Waals surface area contributed by atoms with Gasteiger partial charge in [-0.25, -0.2) is 0 Å². The van der Waals surface area contributed by atoms with E-state index in [1.807, 2.05) is 0 Å². The highest BCUT2D eigenvalue weighted by molar-refractivity contribution is 5.75. The summed E-state index contributed by atoms with van der Waals surface area (Å²) < 4.78 is 5.27. The van der Waals surface area contributed by atoms with Gasteiger partial charge in [0.15, 0.2) is 0 Å². The smallest absolute Gasteiger partial charge is 0.220 e. The molecule has 1 aliphatic heterocycles. The third-order valence-corrected chi connectivity index (χ3v) is 2.69. The van der Waals surface area contributed by atoms with Crippen LogP contribution in [0.4, 0.5) is 0 Å². The minimum atomic E-state index is 0.207. The monoisotopic (exact) mass is 199 g/mol. The third-order valence-electron chi connectivity index (χ3n) is 2.69. The maximum Gasteiger partial charge on any atom is 0.220 e. The molecule has 3 heteroatoms. The second-order valence-corrected chi connectivity index (χ2v) is 3.94. The molecule has 0 aromatic heterocycles. The number of amides is 1. The lowest BCUT2D eigenvalue weighted by Gasteiger charge is -2.21. The van der Waals surface area contributed by atoms with Crippen molar-refractivity contribution in [1.29, 1.82) is 0 Å². The van der Waals surface area contributed by atoms with Crippen molar-refractivity contribution in [3.05, 3.63) is 0 Å². The molecule has 1 amide bonds. The van der Waals surface area contributed by atoms with Crippen LogP contribution in [0.3, 0.4) is 0 Å². The topological polar surface area (TPSA) is 38.3 Å². The van der Waals surface area contributed by atoms with Crippen molar-refractivity contribution in [2.45, 2.75) is 39.0 Å². The minimum absolute atomic E-state index is 0.207. The third kappa shape index (κ3) is 4.61. The van der Waals surface area contributed by atoms with Crippen LogP contribution in [0.15, 0.2) is 0 Å². The summed E-state index contributed by atoms with van der Waals surface area (Å²) in [5.41, 5.74) is 0. The number of hydrogen-bond donors (Lipinski definition) is 1. The van der Waals surface area contributed by atoms with Crippen molar-refractivity contribution in [2.75, 3.05) is 19.8 Å². The van der Waals surface area contributed by atoms with Crippen LogP contribution < -0.4 is 5.32 Å². The van der Waals surface area contributed by atoms with Crippen LogP contribution in [0.2, 0.25) is 0 Å². The highest BCUT2D eigenvalue weighted by atomic mass is 16.5. The van der Waals surface area contributed by atoms with Crippen LogP contribution in [-0.2, 0) is 9.53 Å². The summed E-state index contributed by atoms with van der Waals surface area (Å²) in [6.45, 7) is 4.63. The van der Waals surface area contributed by atoms with E-state index in [1.165, 1.54) is 0 Å². The molecule has 0 aromatic rings. The Balaban J connectivity index is 2.03. The molecule has 0 aromatic carbocycles. The normalized spacial score (nSPS) is 18.1. The molecule has 0 atom stereocenters. The molecule has 1 rings (SSSR count). The van der Waals surface area contributed by atoms with E-state index < -0.39 is 0 Å². The number of nitrogens with one attached hydrogen (secondary N) is 1. The van der Waals surface area contributed by atoms with Crippen LogP contribution in [-0.4, -0.2) is 25.7 Å². The van der Waals surface area contributed by atoms with Gasteiger partial charge in [0.05, 0.1) is 0 Å². The number of hydrogen-bond acceptors (Lipinski definition) is 2. The Bertz CT molecular complexity index is 165. The van der Waals surface area contributed by atoms with Crippen molar-refractivity contribution in [3.63, 3.8) is 0 Å². The summed E-state index contributed by atoms with van der Waals surface area (Å²) in [4.78, 5) is 11.3. The number of ether oxygens (including phenoxy) is 1. The molecule has 1 aliphatic rings. The SMILES string of the molecule is CCCNC(=O)CCC1CCOCC1. The highest BCUT2D eigenvalue weighted by Gasteiger charge is 2.14. The minimum Gasteiger partial charge on any atom is -0.381 e. The molecule has 1 heterocycles. The Hall–Kier alpha value is -0.570. The van der Waals surface area contributed by atoms with Gasteiger partial charge in [-0.15, -0.1) is 0 Å². The average Bonchev–Trinajstić information content (AvgIpc) is 2.25. The predicted molar refractivity (Wildman–Crippen MR) is 56.1 cm³/mol. The van der Waals surface area contributed by atoms with Gasteiger partial charge in [-0.2, -0.15) is 0 Å². The van der Waals surface area contributed by atoms with Crippen LogP contribution in [0.25, 0.3) is 0 Å².